The molecule has 0 unspecified atom stereocenters. The average Bonchev–Trinajstić information content (AvgIpc) is 3.16. The van der Waals surface area contributed by atoms with Crippen LogP contribution in [0.1, 0.15) is 32.6 Å². The maximum Gasteiger partial charge on any atom is 0.414 e. The van der Waals surface area contributed by atoms with Crippen molar-refractivity contribution in [3.05, 3.63) is 24.0 Å². The number of benzene rings is 1. The molecule has 0 radical (unpaired) electrons. The van der Waals surface area contributed by atoms with E-state index in [0.717, 1.165) is 12.8 Å². The number of hydrogen-bond acceptors (Lipinski definition) is 5. The van der Waals surface area contributed by atoms with Crippen LogP contribution in [0, 0.1) is 18.2 Å². The van der Waals surface area contributed by atoms with Gasteiger partial charge < -0.3 is 19.9 Å². The maximum absolute atomic E-state index is 14.9. The van der Waals surface area contributed by atoms with Crippen LogP contribution in [-0.4, -0.2) is 68.2 Å². The second kappa shape index (κ2) is 10.8. The number of amides is 3. The van der Waals surface area contributed by atoms with Gasteiger partial charge in [-0.05, 0) is 31.0 Å². The lowest BCUT2D eigenvalue weighted by molar-refractivity contribution is -0.131. The van der Waals surface area contributed by atoms with Crippen molar-refractivity contribution in [3.63, 3.8) is 0 Å². The molecule has 8 nitrogen and oxygen atoms in total. The lowest BCUT2D eigenvalue weighted by atomic mass is 10.1. The highest BCUT2D eigenvalue weighted by atomic mass is 19.1. The molecule has 2 heterocycles. The number of cyclic esters (lactones) is 1. The van der Waals surface area contributed by atoms with E-state index in [1.165, 1.54) is 17.9 Å². The molecule has 1 atom stereocenters. The lowest BCUT2D eigenvalue weighted by Crippen LogP contribution is -2.49. The van der Waals surface area contributed by atoms with Crippen molar-refractivity contribution in [1.82, 2.24) is 10.2 Å². The van der Waals surface area contributed by atoms with E-state index in [2.05, 4.69) is 11.2 Å². The number of rotatable bonds is 8. The van der Waals surface area contributed by atoms with Crippen molar-refractivity contribution in [2.75, 3.05) is 49.1 Å². The molecule has 1 N–H and O–H groups in total. The molecular formula is C23H29FN4O4. The van der Waals surface area contributed by atoms with Crippen LogP contribution in [0.5, 0.6) is 0 Å². The van der Waals surface area contributed by atoms with E-state index in [4.69, 9.17) is 11.2 Å². The van der Waals surface area contributed by atoms with Gasteiger partial charge in [-0.15, -0.1) is 12.3 Å². The van der Waals surface area contributed by atoms with Gasteiger partial charge in [0.2, 0.25) is 11.8 Å². The van der Waals surface area contributed by atoms with Gasteiger partial charge in [0.1, 0.15) is 11.9 Å². The maximum atomic E-state index is 14.9. The molecule has 1 aromatic carbocycles. The molecule has 2 aliphatic heterocycles. The summed E-state index contributed by atoms with van der Waals surface area (Å²) in [4.78, 5) is 40.6. The molecular weight excluding hydrogens is 415 g/mol. The van der Waals surface area contributed by atoms with E-state index < -0.39 is 18.0 Å². The predicted molar refractivity (Wildman–Crippen MR) is 119 cm³/mol. The molecule has 3 amide bonds. The smallest absolute Gasteiger partial charge is 0.414 e. The number of ether oxygens (including phenoxy) is 1. The Morgan fingerprint density at radius 3 is 2.66 bits per heavy atom. The van der Waals surface area contributed by atoms with Gasteiger partial charge in [-0.25, -0.2) is 9.18 Å². The Morgan fingerprint density at radius 1 is 1.25 bits per heavy atom. The average molecular weight is 445 g/mol. The van der Waals surface area contributed by atoms with Gasteiger partial charge in [-0.3, -0.25) is 14.5 Å². The number of nitrogens with zero attached hydrogens (tertiary/aromatic N) is 3. The summed E-state index contributed by atoms with van der Waals surface area (Å²) < 4.78 is 20.1. The second-order valence-corrected chi connectivity index (χ2v) is 7.97. The number of carbonyl (C=O) groups excluding carboxylic acids is 3. The topological polar surface area (TPSA) is 82.2 Å². The minimum absolute atomic E-state index is 0.110. The highest BCUT2D eigenvalue weighted by Crippen LogP contribution is 2.28. The van der Waals surface area contributed by atoms with Gasteiger partial charge in [-0.1, -0.05) is 0 Å². The van der Waals surface area contributed by atoms with E-state index in [0.29, 0.717) is 50.4 Å². The fourth-order valence-corrected chi connectivity index (χ4v) is 3.87. The first kappa shape index (κ1) is 23.4. The van der Waals surface area contributed by atoms with Gasteiger partial charge in [0.15, 0.2) is 0 Å². The van der Waals surface area contributed by atoms with Crippen LogP contribution in [0.15, 0.2) is 18.2 Å². The Kier molecular flexibility index (Phi) is 7.92. The zero-order valence-corrected chi connectivity index (χ0v) is 18.3. The van der Waals surface area contributed by atoms with Crippen molar-refractivity contribution in [2.24, 2.45) is 0 Å². The fraction of sp³-hybridized carbons (Fsp3) is 0.522. The van der Waals surface area contributed by atoms with Crippen LogP contribution in [0.4, 0.5) is 20.6 Å². The molecule has 1 aromatic rings. The van der Waals surface area contributed by atoms with Crippen molar-refractivity contribution in [2.45, 2.75) is 38.7 Å². The first-order valence-corrected chi connectivity index (χ1v) is 10.9. The summed E-state index contributed by atoms with van der Waals surface area (Å²) in [7, 11) is 0. The normalized spacial score (nSPS) is 18.3. The van der Waals surface area contributed by atoms with Crippen molar-refractivity contribution in [3.8, 4) is 12.3 Å². The van der Waals surface area contributed by atoms with Gasteiger partial charge in [0.25, 0.3) is 0 Å². The minimum Gasteiger partial charge on any atom is -0.442 e. The van der Waals surface area contributed by atoms with Gasteiger partial charge in [0.05, 0.1) is 24.5 Å². The molecule has 32 heavy (non-hydrogen) atoms. The fourth-order valence-electron chi connectivity index (χ4n) is 3.87. The Balaban J connectivity index is 1.54. The first-order valence-electron chi connectivity index (χ1n) is 10.9. The monoisotopic (exact) mass is 444 g/mol. The summed E-state index contributed by atoms with van der Waals surface area (Å²) in [6, 6.07) is 4.65. The number of carbonyl (C=O) groups is 3. The summed E-state index contributed by atoms with van der Waals surface area (Å²) in [5.41, 5.74) is 0.847. The molecule has 0 spiro atoms. The van der Waals surface area contributed by atoms with Crippen LogP contribution >= 0.6 is 0 Å². The summed E-state index contributed by atoms with van der Waals surface area (Å²) in [5, 5.41) is 2.61. The summed E-state index contributed by atoms with van der Waals surface area (Å²) in [6.45, 7) is 4.00. The number of hydrogen-bond donors (Lipinski definition) is 1. The lowest BCUT2D eigenvalue weighted by Gasteiger charge is -2.36. The SMILES string of the molecule is C#CCCCCC(=O)N1CCN(c2ccc(N3C[C@H](CNC(C)=O)OC3=O)cc2F)CC1. The molecule has 9 heteroatoms. The van der Waals surface area contributed by atoms with E-state index in [9.17, 15) is 18.8 Å². The van der Waals surface area contributed by atoms with E-state index in [-0.39, 0.29) is 24.9 Å². The zero-order chi connectivity index (χ0) is 23.1. The van der Waals surface area contributed by atoms with Crippen molar-refractivity contribution >= 4 is 29.3 Å². The predicted octanol–water partition coefficient (Wildman–Crippen LogP) is 2.13. The third-order valence-corrected chi connectivity index (χ3v) is 5.63. The molecule has 2 saturated heterocycles. The Labute approximate surface area is 187 Å². The zero-order valence-electron chi connectivity index (χ0n) is 18.3. The van der Waals surface area contributed by atoms with Gasteiger partial charge >= 0.3 is 6.09 Å². The van der Waals surface area contributed by atoms with Crippen molar-refractivity contribution < 1.29 is 23.5 Å². The van der Waals surface area contributed by atoms with Crippen LogP contribution in [0.3, 0.4) is 0 Å². The number of anilines is 2. The highest BCUT2D eigenvalue weighted by Gasteiger charge is 2.33. The minimum atomic E-state index is -0.568. The summed E-state index contributed by atoms with van der Waals surface area (Å²) in [5.74, 6) is 2.04. The number of nitrogens with one attached hydrogen (secondary N) is 1. The second-order valence-electron chi connectivity index (χ2n) is 7.97. The molecule has 172 valence electrons. The van der Waals surface area contributed by atoms with E-state index in [1.807, 2.05) is 9.80 Å². The molecule has 2 aliphatic rings. The van der Waals surface area contributed by atoms with Crippen LogP contribution in [0.2, 0.25) is 0 Å². The largest absolute Gasteiger partial charge is 0.442 e. The number of terminal acetylenes is 1. The molecule has 3 rings (SSSR count). The van der Waals surface area contributed by atoms with E-state index in [1.54, 1.807) is 12.1 Å². The highest BCUT2D eigenvalue weighted by molar-refractivity contribution is 5.90. The van der Waals surface area contributed by atoms with Gasteiger partial charge in [0, 0.05) is 45.9 Å². The molecule has 0 aliphatic carbocycles. The number of halogens is 1. The first-order chi connectivity index (χ1) is 15.4. The molecule has 2 fully saturated rings. The summed E-state index contributed by atoms with van der Waals surface area (Å²) in [6.07, 6.45) is 6.98. The summed E-state index contributed by atoms with van der Waals surface area (Å²) >= 11 is 0. The third-order valence-electron chi connectivity index (χ3n) is 5.63. The third kappa shape index (κ3) is 5.90. The quantitative estimate of drug-likeness (QED) is 0.491. The Morgan fingerprint density at radius 2 is 2.00 bits per heavy atom. The van der Waals surface area contributed by atoms with Crippen LogP contribution in [0.25, 0.3) is 0 Å². The number of piperazine rings is 1. The standard InChI is InChI=1S/C23H29FN4O4/c1-3-4-5-6-7-22(30)27-12-10-26(11-13-27)21-9-8-18(14-20(21)24)28-16-19(32-23(28)31)15-25-17(2)29/h1,8-9,14,19H,4-7,10-13,15-16H2,2H3,(H,25,29)/t19-/m0/s1. The van der Waals surface area contributed by atoms with E-state index >= 15 is 0 Å². The molecule has 0 bridgehead atoms. The number of unbranched alkanes of at least 4 members (excludes halogenated alkanes) is 2. The Hall–Kier alpha value is -3.28. The van der Waals surface area contributed by atoms with Gasteiger partial charge in [-0.2, -0.15) is 0 Å². The van der Waals surface area contributed by atoms with Crippen LogP contribution in [-0.2, 0) is 14.3 Å². The molecule has 0 aromatic heterocycles. The van der Waals surface area contributed by atoms with Crippen LogP contribution < -0.4 is 15.1 Å². The Bertz CT molecular complexity index is 892. The molecule has 0 saturated carbocycles. The van der Waals surface area contributed by atoms with Crippen molar-refractivity contribution in [1.29, 1.82) is 0 Å².